The second-order valence-corrected chi connectivity index (χ2v) is 6.74. The number of thioether (sulfide) groups is 1. The number of nitriles is 1. The summed E-state index contributed by atoms with van der Waals surface area (Å²) in [5.74, 6) is -0.438. The maximum absolute atomic E-state index is 11.9. The monoisotopic (exact) mass is 379 g/mol. The highest BCUT2D eigenvalue weighted by atomic mass is 32.2. The lowest BCUT2D eigenvalue weighted by molar-refractivity contribution is -0.127. The van der Waals surface area contributed by atoms with Crippen molar-refractivity contribution in [2.75, 3.05) is 38.5 Å². The van der Waals surface area contributed by atoms with Crippen molar-refractivity contribution in [3.8, 4) is 6.07 Å². The van der Waals surface area contributed by atoms with Gasteiger partial charge >= 0.3 is 0 Å². The average Bonchev–Trinajstić information content (AvgIpc) is 3.17. The minimum Gasteiger partial charge on any atom is -0.388 e. The Hall–Kier alpha value is -2.54. The molecule has 9 nitrogen and oxygen atoms in total. The van der Waals surface area contributed by atoms with E-state index in [1.165, 1.54) is 6.20 Å². The minimum atomic E-state index is -0.503. The highest BCUT2D eigenvalue weighted by Gasteiger charge is 2.29. The molecule has 0 aromatic rings. The molecule has 0 unspecified atom stereocenters. The number of amides is 4. The molecule has 10 heteroatoms. The van der Waals surface area contributed by atoms with E-state index in [9.17, 15) is 19.2 Å². The van der Waals surface area contributed by atoms with Crippen LogP contribution in [0.3, 0.4) is 0 Å². The van der Waals surface area contributed by atoms with E-state index in [-0.39, 0.29) is 41.5 Å². The highest BCUT2D eigenvalue weighted by Crippen LogP contribution is 2.17. The molecule has 2 saturated heterocycles. The van der Waals surface area contributed by atoms with Gasteiger partial charge in [0.25, 0.3) is 11.1 Å². The molecule has 140 valence electrons. The number of nitrogens with zero attached hydrogens (tertiary/aromatic N) is 3. The molecule has 2 N–H and O–H groups in total. The zero-order valence-corrected chi connectivity index (χ0v) is 15.1. The second kappa shape index (κ2) is 9.82. The third-order valence-corrected chi connectivity index (χ3v) is 4.85. The summed E-state index contributed by atoms with van der Waals surface area (Å²) < 4.78 is 0. The smallest absolute Gasteiger partial charge is 0.288 e. The van der Waals surface area contributed by atoms with E-state index < -0.39 is 5.91 Å². The third-order valence-electron chi connectivity index (χ3n) is 3.99. The maximum Gasteiger partial charge on any atom is 0.288 e. The Morgan fingerprint density at radius 3 is 2.65 bits per heavy atom. The Bertz CT molecular complexity index is 642. The van der Waals surface area contributed by atoms with E-state index in [0.29, 0.717) is 25.9 Å². The molecular weight excluding hydrogens is 358 g/mol. The SMILES string of the molecule is N#C/C(=C/NCCN1C(=O)CSC1=O)C(=O)NCCCN1CCCC1=O. The Labute approximate surface area is 155 Å². The molecule has 0 aromatic heterocycles. The summed E-state index contributed by atoms with van der Waals surface area (Å²) in [4.78, 5) is 49.2. The Morgan fingerprint density at radius 1 is 1.23 bits per heavy atom. The molecule has 0 aliphatic carbocycles. The van der Waals surface area contributed by atoms with Crippen LogP contribution in [-0.2, 0) is 14.4 Å². The molecule has 0 bridgehead atoms. The summed E-state index contributed by atoms with van der Waals surface area (Å²) in [6.07, 6.45) is 3.37. The van der Waals surface area contributed by atoms with Gasteiger partial charge in [0.15, 0.2) is 0 Å². The van der Waals surface area contributed by atoms with E-state index in [2.05, 4.69) is 10.6 Å². The number of imide groups is 1. The average molecular weight is 379 g/mol. The van der Waals surface area contributed by atoms with Gasteiger partial charge in [-0.1, -0.05) is 11.8 Å². The second-order valence-electron chi connectivity index (χ2n) is 5.82. The van der Waals surface area contributed by atoms with Crippen LogP contribution in [-0.4, -0.2) is 71.2 Å². The maximum atomic E-state index is 11.9. The molecule has 2 aliphatic heterocycles. The van der Waals surface area contributed by atoms with Crippen molar-refractivity contribution >= 4 is 34.7 Å². The number of carbonyl (C=O) groups is 4. The largest absolute Gasteiger partial charge is 0.388 e. The van der Waals surface area contributed by atoms with Crippen LogP contribution < -0.4 is 10.6 Å². The summed E-state index contributed by atoms with van der Waals surface area (Å²) in [5, 5.41) is 14.2. The van der Waals surface area contributed by atoms with Crippen molar-refractivity contribution < 1.29 is 19.2 Å². The van der Waals surface area contributed by atoms with Crippen molar-refractivity contribution in [1.29, 1.82) is 5.26 Å². The van der Waals surface area contributed by atoms with E-state index in [1.54, 1.807) is 4.90 Å². The Morgan fingerprint density at radius 2 is 2.04 bits per heavy atom. The number of carbonyl (C=O) groups excluding carboxylic acids is 4. The van der Waals surface area contributed by atoms with Gasteiger partial charge in [0.1, 0.15) is 11.6 Å². The van der Waals surface area contributed by atoms with Crippen LogP contribution >= 0.6 is 11.8 Å². The summed E-state index contributed by atoms with van der Waals surface area (Å²) in [6.45, 7) is 2.17. The quantitative estimate of drug-likeness (QED) is 0.323. The van der Waals surface area contributed by atoms with E-state index in [1.807, 2.05) is 6.07 Å². The molecule has 0 aromatic carbocycles. The molecule has 0 spiro atoms. The molecule has 26 heavy (non-hydrogen) atoms. The fraction of sp³-hybridized carbons (Fsp3) is 0.562. The topological polar surface area (TPSA) is 123 Å². The minimum absolute atomic E-state index is 0.0873. The summed E-state index contributed by atoms with van der Waals surface area (Å²) >= 11 is 0.961. The third kappa shape index (κ3) is 5.49. The van der Waals surface area contributed by atoms with E-state index in [0.717, 1.165) is 29.6 Å². The van der Waals surface area contributed by atoms with Gasteiger partial charge in [0.05, 0.1) is 5.75 Å². The van der Waals surface area contributed by atoms with Gasteiger partial charge in [-0.25, -0.2) is 0 Å². The highest BCUT2D eigenvalue weighted by molar-refractivity contribution is 8.14. The number of likely N-dealkylation sites (tertiary alicyclic amines) is 1. The van der Waals surface area contributed by atoms with Crippen LogP contribution in [0.5, 0.6) is 0 Å². The molecule has 0 atom stereocenters. The Kier molecular flexibility index (Phi) is 7.47. The van der Waals surface area contributed by atoms with Gasteiger partial charge in [0, 0.05) is 45.3 Å². The molecule has 0 radical (unpaired) electrons. The van der Waals surface area contributed by atoms with Gasteiger partial charge in [-0.15, -0.1) is 0 Å². The predicted molar refractivity (Wildman–Crippen MR) is 94.7 cm³/mol. The van der Waals surface area contributed by atoms with Crippen LogP contribution in [0.2, 0.25) is 0 Å². The standard InChI is InChI=1S/C16H21N5O4S/c17-9-12(10-18-5-8-21-14(23)11-26-16(21)25)15(24)19-4-2-7-20-6-1-3-13(20)22/h10,18H,1-8,11H2,(H,19,24)/b12-10-. The fourth-order valence-corrected chi connectivity index (χ4v) is 3.36. The first-order valence-electron chi connectivity index (χ1n) is 8.39. The van der Waals surface area contributed by atoms with Crippen LogP contribution in [0.1, 0.15) is 19.3 Å². The summed E-state index contributed by atoms with van der Waals surface area (Å²) in [7, 11) is 0. The number of hydrogen-bond donors (Lipinski definition) is 2. The first kappa shape index (κ1) is 19.8. The lowest BCUT2D eigenvalue weighted by Gasteiger charge is -2.15. The van der Waals surface area contributed by atoms with Crippen LogP contribution in [0.4, 0.5) is 4.79 Å². The number of rotatable bonds is 9. The Balaban J connectivity index is 1.66. The lowest BCUT2D eigenvalue weighted by Crippen LogP contribution is -2.35. The van der Waals surface area contributed by atoms with Crippen molar-refractivity contribution in [3.05, 3.63) is 11.8 Å². The van der Waals surface area contributed by atoms with Crippen LogP contribution in [0.15, 0.2) is 11.8 Å². The molecule has 2 heterocycles. The predicted octanol–water partition coefficient (Wildman–Crippen LogP) is -0.192. The fourth-order valence-electron chi connectivity index (χ4n) is 2.60. The molecule has 2 aliphatic rings. The van der Waals surface area contributed by atoms with Crippen molar-refractivity contribution in [2.45, 2.75) is 19.3 Å². The van der Waals surface area contributed by atoms with Gasteiger partial charge in [-0.05, 0) is 12.8 Å². The molecule has 4 amide bonds. The van der Waals surface area contributed by atoms with Crippen molar-refractivity contribution in [2.24, 2.45) is 0 Å². The van der Waals surface area contributed by atoms with Crippen LogP contribution in [0.25, 0.3) is 0 Å². The first-order valence-corrected chi connectivity index (χ1v) is 9.38. The molecule has 2 fully saturated rings. The van der Waals surface area contributed by atoms with Crippen molar-refractivity contribution in [1.82, 2.24) is 20.4 Å². The molecular formula is C16H21N5O4S. The van der Waals surface area contributed by atoms with Gasteiger partial charge < -0.3 is 15.5 Å². The van der Waals surface area contributed by atoms with Crippen molar-refractivity contribution in [3.63, 3.8) is 0 Å². The number of nitrogens with one attached hydrogen (secondary N) is 2. The van der Waals surface area contributed by atoms with Gasteiger partial charge in [0.2, 0.25) is 11.8 Å². The zero-order valence-electron chi connectivity index (χ0n) is 14.3. The first-order chi connectivity index (χ1) is 12.5. The van der Waals surface area contributed by atoms with Crippen LogP contribution in [0, 0.1) is 11.3 Å². The van der Waals surface area contributed by atoms with Gasteiger partial charge in [-0.3, -0.25) is 24.1 Å². The summed E-state index contributed by atoms with van der Waals surface area (Å²) in [5.41, 5.74) is -0.0873. The van der Waals surface area contributed by atoms with E-state index >= 15 is 0 Å². The van der Waals surface area contributed by atoms with E-state index in [4.69, 9.17) is 5.26 Å². The zero-order chi connectivity index (χ0) is 18.9. The normalized spacial score (nSPS) is 17.7. The molecule has 2 rings (SSSR count). The van der Waals surface area contributed by atoms with Gasteiger partial charge in [-0.2, -0.15) is 5.26 Å². The lowest BCUT2D eigenvalue weighted by atomic mass is 10.3. The summed E-state index contributed by atoms with van der Waals surface area (Å²) in [6, 6.07) is 1.81. The molecule has 0 saturated carbocycles. The number of hydrogen-bond acceptors (Lipinski definition) is 7.